The molecule has 3 atom stereocenters. The average molecular weight is 166 g/mol. The Morgan fingerprint density at radius 2 is 2.42 bits per heavy atom. The molecule has 1 saturated carbocycles. The van der Waals surface area contributed by atoms with Gasteiger partial charge in [-0.3, -0.25) is 0 Å². The molecule has 0 radical (unpaired) electrons. The van der Waals surface area contributed by atoms with Crippen molar-refractivity contribution in [3.05, 3.63) is 0 Å². The van der Waals surface area contributed by atoms with E-state index in [4.69, 9.17) is 12.2 Å². The molecule has 0 heterocycles. The van der Waals surface area contributed by atoms with Crippen LogP contribution in [0.1, 0.15) is 32.6 Å². The summed E-state index contributed by atoms with van der Waals surface area (Å²) in [4.78, 5) is 0. The summed E-state index contributed by atoms with van der Waals surface area (Å²) >= 11 is 0. The lowest BCUT2D eigenvalue weighted by molar-refractivity contribution is 0.472. The fourth-order valence-electron chi connectivity index (χ4n) is 1.74. The van der Waals surface area contributed by atoms with Gasteiger partial charge in [-0.25, -0.2) is 0 Å². The Morgan fingerprint density at radius 1 is 1.67 bits per heavy atom. The van der Waals surface area contributed by atoms with Crippen molar-refractivity contribution in [2.24, 2.45) is 5.73 Å². The lowest BCUT2D eigenvalue weighted by Gasteiger charge is -2.16. The Labute approximate surface area is 74.9 Å². The van der Waals surface area contributed by atoms with Crippen molar-refractivity contribution in [1.82, 2.24) is 5.32 Å². The quantitative estimate of drug-likeness (QED) is 0.610. The van der Waals surface area contributed by atoms with Gasteiger partial charge in [0.05, 0.1) is 6.04 Å². The highest BCUT2D eigenvalue weighted by atomic mass is 15.0. The van der Waals surface area contributed by atoms with E-state index in [1.807, 2.05) is 0 Å². The van der Waals surface area contributed by atoms with Gasteiger partial charge in [0.1, 0.15) is 0 Å². The second-order valence-electron chi connectivity index (χ2n) is 3.56. The van der Waals surface area contributed by atoms with Crippen LogP contribution >= 0.6 is 0 Å². The molecule has 3 unspecified atom stereocenters. The first-order valence-electron chi connectivity index (χ1n) is 4.74. The number of hydrogen-bond acceptors (Lipinski definition) is 2. The van der Waals surface area contributed by atoms with E-state index in [1.165, 1.54) is 6.42 Å². The van der Waals surface area contributed by atoms with E-state index in [0.717, 1.165) is 19.3 Å². The maximum Gasteiger partial charge on any atom is 0.0686 e. The molecule has 0 aromatic heterocycles. The molecule has 0 spiro atoms. The van der Waals surface area contributed by atoms with E-state index in [0.29, 0.717) is 12.1 Å². The van der Waals surface area contributed by atoms with Crippen molar-refractivity contribution in [2.75, 3.05) is 0 Å². The first-order chi connectivity index (χ1) is 5.76. The number of nitrogens with two attached hydrogens (primary N) is 1. The SMILES string of the molecule is C#CC(CC)NC1CCC(N)C1. The molecular weight excluding hydrogens is 148 g/mol. The molecule has 0 saturated heterocycles. The molecule has 1 aliphatic rings. The smallest absolute Gasteiger partial charge is 0.0686 e. The van der Waals surface area contributed by atoms with Gasteiger partial charge in [0, 0.05) is 12.1 Å². The van der Waals surface area contributed by atoms with Gasteiger partial charge in [0.2, 0.25) is 0 Å². The van der Waals surface area contributed by atoms with Gasteiger partial charge in [-0.2, -0.15) is 0 Å². The van der Waals surface area contributed by atoms with E-state index >= 15 is 0 Å². The maximum atomic E-state index is 5.79. The Morgan fingerprint density at radius 3 is 2.83 bits per heavy atom. The van der Waals surface area contributed by atoms with Crippen LogP contribution in [0.5, 0.6) is 0 Å². The van der Waals surface area contributed by atoms with E-state index in [-0.39, 0.29) is 6.04 Å². The number of rotatable bonds is 3. The molecule has 0 amide bonds. The molecule has 12 heavy (non-hydrogen) atoms. The molecule has 0 bridgehead atoms. The Bertz CT molecular complexity index is 171. The molecule has 68 valence electrons. The maximum absolute atomic E-state index is 5.79. The second-order valence-corrected chi connectivity index (χ2v) is 3.56. The van der Waals surface area contributed by atoms with Crippen LogP contribution in [-0.4, -0.2) is 18.1 Å². The van der Waals surface area contributed by atoms with Crippen molar-refractivity contribution in [2.45, 2.75) is 50.7 Å². The highest BCUT2D eigenvalue weighted by molar-refractivity contribution is 5.00. The van der Waals surface area contributed by atoms with Crippen molar-refractivity contribution in [1.29, 1.82) is 0 Å². The lowest BCUT2D eigenvalue weighted by Crippen LogP contribution is -2.36. The van der Waals surface area contributed by atoms with Crippen LogP contribution in [0.25, 0.3) is 0 Å². The third-order valence-corrected chi connectivity index (χ3v) is 2.52. The summed E-state index contributed by atoms with van der Waals surface area (Å²) in [5.41, 5.74) is 5.79. The molecule has 1 rings (SSSR count). The first-order valence-corrected chi connectivity index (χ1v) is 4.74. The summed E-state index contributed by atoms with van der Waals surface area (Å²) in [5.74, 6) is 2.74. The van der Waals surface area contributed by atoms with E-state index in [1.54, 1.807) is 0 Å². The van der Waals surface area contributed by atoms with E-state index in [2.05, 4.69) is 18.2 Å². The van der Waals surface area contributed by atoms with Gasteiger partial charge < -0.3 is 11.1 Å². The summed E-state index contributed by atoms with van der Waals surface area (Å²) in [5, 5.41) is 3.43. The zero-order chi connectivity index (χ0) is 8.97. The minimum absolute atomic E-state index is 0.236. The highest BCUT2D eigenvalue weighted by Crippen LogP contribution is 2.17. The summed E-state index contributed by atoms with van der Waals surface area (Å²) in [7, 11) is 0. The zero-order valence-electron chi connectivity index (χ0n) is 7.72. The molecule has 1 fully saturated rings. The summed E-state index contributed by atoms with van der Waals surface area (Å²) in [6.45, 7) is 2.10. The van der Waals surface area contributed by atoms with E-state index in [9.17, 15) is 0 Å². The molecule has 2 nitrogen and oxygen atoms in total. The third-order valence-electron chi connectivity index (χ3n) is 2.52. The van der Waals surface area contributed by atoms with Crippen molar-refractivity contribution >= 4 is 0 Å². The first kappa shape index (κ1) is 9.57. The van der Waals surface area contributed by atoms with Crippen LogP contribution in [0.4, 0.5) is 0 Å². The van der Waals surface area contributed by atoms with Crippen LogP contribution in [0.3, 0.4) is 0 Å². The number of terminal acetylenes is 1. The van der Waals surface area contributed by atoms with Gasteiger partial charge in [-0.15, -0.1) is 6.42 Å². The largest absolute Gasteiger partial charge is 0.328 e. The average Bonchev–Trinajstić information content (AvgIpc) is 2.47. The molecule has 3 N–H and O–H groups in total. The zero-order valence-corrected chi connectivity index (χ0v) is 7.72. The third kappa shape index (κ3) is 2.51. The Hall–Kier alpha value is -0.520. The Kier molecular flexibility index (Phi) is 3.58. The predicted octanol–water partition coefficient (Wildman–Crippen LogP) is 0.868. The van der Waals surface area contributed by atoms with Crippen LogP contribution in [-0.2, 0) is 0 Å². The number of hydrogen-bond donors (Lipinski definition) is 2. The van der Waals surface area contributed by atoms with Gasteiger partial charge >= 0.3 is 0 Å². The topological polar surface area (TPSA) is 38.0 Å². The molecular formula is C10H18N2. The monoisotopic (exact) mass is 166 g/mol. The predicted molar refractivity (Wildman–Crippen MR) is 51.7 cm³/mol. The van der Waals surface area contributed by atoms with Gasteiger partial charge in [0.15, 0.2) is 0 Å². The summed E-state index contributed by atoms with van der Waals surface area (Å²) < 4.78 is 0. The summed E-state index contributed by atoms with van der Waals surface area (Å²) in [6, 6.07) is 1.18. The van der Waals surface area contributed by atoms with Crippen molar-refractivity contribution in [3.63, 3.8) is 0 Å². The molecule has 0 aromatic carbocycles. The fraction of sp³-hybridized carbons (Fsp3) is 0.800. The number of nitrogens with one attached hydrogen (secondary N) is 1. The molecule has 0 aromatic rings. The van der Waals surface area contributed by atoms with Crippen molar-refractivity contribution < 1.29 is 0 Å². The normalized spacial score (nSPS) is 31.4. The second kappa shape index (κ2) is 4.49. The van der Waals surface area contributed by atoms with Crippen LogP contribution in [0.15, 0.2) is 0 Å². The minimum Gasteiger partial charge on any atom is -0.328 e. The van der Waals surface area contributed by atoms with Crippen LogP contribution in [0.2, 0.25) is 0 Å². The minimum atomic E-state index is 0.236. The molecule has 2 heteroatoms. The fourth-order valence-corrected chi connectivity index (χ4v) is 1.74. The van der Waals surface area contributed by atoms with Gasteiger partial charge in [0.25, 0.3) is 0 Å². The lowest BCUT2D eigenvalue weighted by atomic mass is 10.1. The molecule has 1 aliphatic carbocycles. The van der Waals surface area contributed by atoms with Crippen molar-refractivity contribution in [3.8, 4) is 12.3 Å². The Balaban J connectivity index is 2.27. The standard InChI is InChI=1S/C10H18N2/c1-3-9(4-2)12-10-6-5-8(11)7-10/h1,8-10,12H,4-7,11H2,2H3. The van der Waals surface area contributed by atoms with Gasteiger partial charge in [-0.1, -0.05) is 12.8 Å². The van der Waals surface area contributed by atoms with E-state index < -0.39 is 0 Å². The van der Waals surface area contributed by atoms with Gasteiger partial charge in [-0.05, 0) is 25.7 Å². The highest BCUT2D eigenvalue weighted by Gasteiger charge is 2.22. The van der Waals surface area contributed by atoms with Crippen LogP contribution in [0, 0.1) is 12.3 Å². The molecule has 0 aliphatic heterocycles. The summed E-state index contributed by atoms with van der Waals surface area (Å²) in [6.07, 6.45) is 9.75. The van der Waals surface area contributed by atoms with Crippen LogP contribution < -0.4 is 11.1 Å².